The third-order valence-corrected chi connectivity index (χ3v) is 2.53. The smallest absolute Gasteiger partial charge is 0.132 e. The maximum Gasteiger partial charge on any atom is 0.132 e. The van der Waals surface area contributed by atoms with E-state index in [4.69, 9.17) is 0 Å². The molecular weight excluding hydrogens is 196 g/mol. The van der Waals surface area contributed by atoms with Gasteiger partial charge in [-0.2, -0.15) is 0 Å². The van der Waals surface area contributed by atoms with E-state index in [1.165, 1.54) is 0 Å². The SMILES string of the molecule is CP(C)Cc1c(F)cc(F)cc1F. The second kappa shape index (κ2) is 4.10. The molecule has 0 radical (unpaired) electrons. The molecule has 0 atom stereocenters. The van der Waals surface area contributed by atoms with Crippen LogP contribution in [0.4, 0.5) is 13.2 Å². The van der Waals surface area contributed by atoms with E-state index in [1.807, 2.05) is 13.3 Å². The molecule has 0 aliphatic rings. The van der Waals surface area contributed by atoms with Crippen LogP contribution in [-0.2, 0) is 6.16 Å². The zero-order valence-electron chi connectivity index (χ0n) is 7.44. The molecule has 0 aromatic heterocycles. The molecule has 0 fully saturated rings. The average molecular weight is 206 g/mol. The van der Waals surface area contributed by atoms with Gasteiger partial charge in [-0.25, -0.2) is 13.2 Å². The van der Waals surface area contributed by atoms with Crippen molar-refractivity contribution in [2.75, 3.05) is 13.3 Å². The van der Waals surface area contributed by atoms with E-state index in [2.05, 4.69) is 0 Å². The van der Waals surface area contributed by atoms with Gasteiger partial charge in [-0.05, 0) is 19.5 Å². The summed E-state index contributed by atoms with van der Waals surface area (Å²) >= 11 is 0. The summed E-state index contributed by atoms with van der Waals surface area (Å²) in [7, 11) is -0.421. The molecule has 1 aromatic rings. The molecule has 0 bridgehead atoms. The fraction of sp³-hybridized carbons (Fsp3) is 0.333. The topological polar surface area (TPSA) is 0 Å². The first-order valence-electron chi connectivity index (χ1n) is 3.79. The molecule has 0 heterocycles. The van der Waals surface area contributed by atoms with Gasteiger partial charge in [0.2, 0.25) is 0 Å². The van der Waals surface area contributed by atoms with Gasteiger partial charge in [0.15, 0.2) is 0 Å². The van der Waals surface area contributed by atoms with E-state index in [0.717, 1.165) is 12.1 Å². The predicted octanol–water partition coefficient (Wildman–Crippen LogP) is 3.35. The van der Waals surface area contributed by atoms with Gasteiger partial charge < -0.3 is 0 Å². The van der Waals surface area contributed by atoms with Crippen molar-refractivity contribution in [3.63, 3.8) is 0 Å². The fourth-order valence-electron chi connectivity index (χ4n) is 1.04. The molecule has 0 saturated carbocycles. The van der Waals surface area contributed by atoms with E-state index in [1.54, 1.807) is 0 Å². The third kappa shape index (κ3) is 2.70. The standard InChI is InChI=1S/C9H10F3P/c1-13(2)5-7-8(11)3-6(10)4-9(7)12/h3-4H,5H2,1-2H3. The van der Waals surface area contributed by atoms with Gasteiger partial charge in [-0.1, -0.05) is 0 Å². The first-order chi connectivity index (χ1) is 6.00. The van der Waals surface area contributed by atoms with Gasteiger partial charge in [0.25, 0.3) is 0 Å². The van der Waals surface area contributed by atoms with E-state index in [9.17, 15) is 13.2 Å². The highest BCUT2D eigenvalue weighted by Crippen LogP contribution is 2.32. The molecular formula is C9H10F3P. The van der Waals surface area contributed by atoms with Gasteiger partial charge in [0.1, 0.15) is 17.5 Å². The Balaban J connectivity index is 3.06. The minimum absolute atomic E-state index is 0.00230. The van der Waals surface area contributed by atoms with Crippen molar-refractivity contribution in [3.05, 3.63) is 35.1 Å². The van der Waals surface area contributed by atoms with Crippen molar-refractivity contribution < 1.29 is 13.2 Å². The number of hydrogen-bond donors (Lipinski definition) is 0. The molecule has 0 aliphatic heterocycles. The Labute approximate surface area is 76.5 Å². The molecule has 0 saturated heterocycles. The lowest BCUT2D eigenvalue weighted by Crippen LogP contribution is -1.96. The number of benzene rings is 1. The van der Waals surface area contributed by atoms with Gasteiger partial charge in [0.05, 0.1) is 0 Å². The summed E-state index contributed by atoms with van der Waals surface area (Å²) in [5, 5.41) is 0. The molecule has 0 aliphatic carbocycles. The third-order valence-electron chi connectivity index (χ3n) is 1.58. The van der Waals surface area contributed by atoms with Gasteiger partial charge >= 0.3 is 0 Å². The summed E-state index contributed by atoms with van der Waals surface area (Å²) in [4.78, 5) is 0. The Hall–Kier alpha value is -0.560. The highest BCUT2D eigenvalue weighted by Gasteiger charge is 2.12. The molecule has 72 valence electrons. The molecule has 0 unspecified atom stereocenters. The highest BCUT2D eigenvalue weighted by molar-refractivity contribution is 7.55. The quantitative estimate of drug-likeness (QED) is 0.651. The Morgan fingerprint density at radius 1 is 1.08 bits per heavy atom. The van der Waals surface area contributed by atoms with Crippen molar-refractivity contribution in [1.82, 2.24) is 0 Å². The van der Waals surface area contributed by atoms with Crippen molar-refractivity contribution >= 4 is 7.92 Å². The van der Waals surface area contributed by atoms with Crippen LogP contribution in [0.2, 0.25) is 0 Å². The van der Waals surface area contributed by atoms with E-state index in [-0.39, 0.29) is 5.56 Å². The zero-order valence-corrected chi connectivity index (χ0v) is 8.34. The number of halogens is 3. The monoisotopic (exact) mass is 206 g/mol. The second-order valence-electron chi connectivity index (χ2n) is 3.09. The fourth-order valence-corrected chi connectivity index (χ4v) is 1.97. The van der Waals surface area contributed by atoms with Crippen molar-refractivity contribution in [2.24, 2.45) is 0 Å². The van der Waals surface area contributed by atoms with Crippen LogP contribution < -0.4 is 0 Å². The highest BCUT2D eigenvalue weighted by atomic mass is 31.1. The predicted molar refractivity (Wildman–Crippen MR) is 48.8 cm³/mol. The zero-order chi connectivity index (χ0) is 10.0. The lowest BCUT2D eigenvalue weighted by molar-refractivity contribution is 0.531. The second-order valence-corrected chi connectivity index (χ2v) is 5.56. The average Bonchev–Trinajstić information content (AvgIpc) is 1.96. The van der Waals surface area contributed by atoms with Crippen LogP contribution in [-0.4, -0.2) is 13.3 Å². The van der Waals surface area contributed by atoms with Gasteiger partial charge in [-0.3, -0.25) is 0 Å². The molecule has 1 aromatic carbocycles. The lowest BCUT2D eigenvalue weighted by atomic mass is 10.2. The summed E-state index contributed by atoms with van der Waals surface area (Å²) in [6.07, 6.45) is 0.354. The van der Waals surface area contributed by atoms with Crippen molar-refractivity contribution in [3.8, 4) is 0 Å². The van der Waals surface area contributed by atoms with Crippen LogP contribution in [0.1, 0.15) is 5.56 Å². The first kappa shape index (κ1) is 10.5. The Morgan fingerprint density at radius 3 is 1.92 bits per heavy atom. The molecule has 1 rings (SSSR count). The summed E-state index contributed by atoms with van der Waals surface area (Å²) in [5.74, 6) is -2.43. The minimum atomic E-state index is -0.865. The number of rotatable bonds is 2. The molecule has 0 spiro atoms. The summed E-state index contributed by atoms with van der Waals surface area (Å²) < 4.78 is 38.5. The minimum Gasteiger partial charge on any atom is -0.207 e. The largest absolute Gasteiger partial charge is 0.207 e. The van der Waals surface area contributed by atoms with Crippen LogP contribution in [0.5, 0.6) is 0 Å². The molecule has 4 heteroatoms. The normalized spacial score (nSPS) is 10.9. The van der Waals surface area contributed by atoms with Gasteiger partial charge in [0, 0.05) is 17.7 Å². The molecule has 0 amide bonds. The van der Waals surface area contributed by atoms with Gasteiger partial charge in [-0.15, -0.1) is 7.92 Å². The lowest BCUT2D eigenvalue weighted by Gasteiger charge is -2.07. The van der Waals surface area contributed by atoms with E-state index in [0.29, 0.717) is 6.16 Å². The van der Waals surface area contributed by atoms with Crippen LogP contribution >= 0.6 is 7.92 Å². The van der Waals surface area contributed by atoms with Crippen molar-refractivity contribution in [1.29, 1.82) is 0 Å². The Kier molecular flexibility index (Phi) is 3.32. The molecule has 0 nitrogen and oxygen atoms in total. The number of hydrogen-bond acceptors (Lipinski definition) is 0. The summed E-state index contributed by atoms with van der Waals surface area (Å²) in [6.45, 7) is 3.83. The van der Waals surface area contributed by atoms with Crippen LogP contribution in [0.15, 0.2) is 12.1 Å². The summed E-state index contributed by atoms with van der Waals surface area (Å²) in [6, 6.07) is 1.44. The molecule has 0 N–H and O–H groups in total. The van der Waals surface area contributed by atoms with Crippen molar-refractivity contribution in [2.45, 2.75) is 6.16 Å². The van der Waals surface area contributed by atoms with Crippen LogP contribution in [0.25, 0.3) is 0 Å². The molecule has 13 heavy (non-hydrogen) atoms. The van der Waals surface area contributed by atoms with Crippen LogP contribution in [0, 0.1) is 17.5 Å². The van der Waals surface area contributed by atoms with Crippen LogP contribution in [0.3, 0.4) is 0 Å². The maximum absolute atomic E-state index is 13.0. The van der Waals surface area contributed by atoms with E-state index < -0.39 is 25.4 Å². The first-order valence-corrected chi connectivity index (χ1v) is 6.21. The maximum atomic E-state index is 13.0. The Bertz CT molecular complexity index is 287. The Morgan fingerprint density at radius 2 is 1.54 bits per heavy atom. The van der Waals surface area contributed by atoms with E-state index >= 15 is 0 Å². The summed E-state index contributed by atoms with van der Waals surface area (Å²) in [5.41, 5.74) is -0.00230.